The monoisotopic (exact) mass is 251 g/mol. The van der Waals surface area contributed by atoms with Crippen LogP contribution in [0.3, 0.4) is 0 Å². The lowest BCUT2D eigenvalue weighted by atomic mass is 9.55. The van der Waals surface area contributed by atoms with Gasteiger partial charge in [0.15, 0.2) is 0 Å². The first-order valence-corrected chi connectivity index (χ1v) is 7.53. The highest BCUT2D eigenvalue weighted by Crippen LogP contribution is 2.53. The van der Waals surface area contributed by atoms with Crippen LogP contribution < -0.4 is 0 Å². The van der Waals surface area contributed by atoms with Gasteiger partial charge in [-0.15, -0.1) is 11.3 Å². The van der Waals surface area contributed by atoms with Gasteiger partial charge in [-0.1, -0.05) is 34.6 Å². The summed E-state index contributed by atoms with van der Waals surface area (Å²) in [5.41, 5.74) is 2.17. The molecule has 1 aromatic rings. The third kappa shape index (κ3) is 2.05. The van der Waals surface area contributed by atoms with E-state index in [0.717, 1.165) is 5.92 Å². The first-order valence-electron chi connectivity index (χ1n) is 6.71. The fraction of sp³-hybridized carbons (Fsp3) is 0.800. The fourth-order valence-electron chi connectivity index (χ4n) is 3.57. The number of aromatic nitrogens is 1. The lowest BCUT2D eigenvalue weighted by molar-refractivity contribution is 0.0143. The summed E-state index contributed by atoms with van der Waals surface area (Å²) in [4.78, 5) is 6.31. The van der Waals surface area contributed by atoms with E-state index >= 15 is 0 Å². The van der Waals surface area contributed by atoms with Crippen LogP contribution in [-0.2, 0) is 12.8 Å². The Morgan fingerprint density at radius 1 is 1.29 bits per heavy atom. The largest absolute Gasteiger partial charge is 0.246 e. The van der Waals surface area contributed by atoms with E-state index in [1.165, 1.54) is 30.0 Å². The molecule has 0 saturated carbocycles. The van der Waals surface area contributed by atoms with Gasteiger partial charge < -0.3 is 0 Å². The van der Waals surface area contributed by atoms with Crippen LogP contribution in [0.25, 0.3) is 0 Å². The van der Waals surface area contributed by atoms with Crippen molar-refractivity contribution in [3.63, 3.8) is 0 Å². The van der Waals surface area contributed by atoms with Gasteiger partial charge >= 0.3 is 0 Å². The molecule has 2 heteroatoms. The van der Waals surface area contributed by atoms with E-state index in [9.17, 15) is 0 Å². The van der Waals surface area contributed by atoms with E-state index in [1.807, 2.05) is 11.3 Å². The Labute approximate surface area is 110 Å². The molecule has 0 saturated heterocycles. The van der Waals surface area contributed by atoms with Crippen molar-refractivity contribution in [3.8, 4) is 0 Å². The predicted molar refractivity (Wildman–Crippen MR) is 75.6 cm³/mol. The zero-order chi connectivity index (χ0) is 12.8. The van der Waals surface area contributed by atoms with Gasteiger partial charge in [-0.05, 0) is 42.9 Å². The third-order valence-corrected chi connectivity index (χ3v) is 5.84. The maximum atomic E-state index is 4.76. The average molecular weight is 251 g/mol. The topological polar surface area (TPSA) is 12.9 Å². The van der Waals surface area contributed by atoms with Gasteiger partial charge in [0.2, 0.25) is 0 Å². The molecule has 0 N–H and O–H groups in total. The fourth-order valence-corrected chi connectivity index (χ4v) is 4.52. The summed E-state index contributed by atoms with van der Waals surface area (Å²) in [7, 11) is 0. The summed E-state index contributed by atoms with van der Waals surface area (Å²) in [5, 5.41) is 1.24. The summed E-state index contributed by atoms with van der Waals surface area (Å²) in [6.07, 6.45) is 3.73. The molecule has 1 aliphatic carbocycles. The Morgan fingerprint density at radius 2 is 1.94 bits per heavy atom. The number of aryl methyl sites for hydroxylation is 2. The smallest absolute Gasteiger partial charge is 0.0900 e. The molecule has 0 spiro atoms. The van der Waals surface area contributed by atoms with Crippen molar-refractivity contribution >= 4 is 11.3 Å². The second kappa shape index (κ2) is 4.08. The Morgan fingerprint density at radius 3 is 2.47 bits per heavy atom. The molecule has 0 aliphatic heterocycles. The number of hydrogen-bond acceptors (Lipinski definition) is 2. The maximum absolute atomic E-state index is 4.76. The molecule has 1 heterocycles. The van der Waals surface area contributed by atoms with Crippen molar-refractivity contribution in [1.82, 2.24) is 4.98 Å². The molecule has 1 nitrogen and oxygen atoms in total. The van der Waals surface area contributed by atoms with E-state index in [4.69, 9.17) is 4.98 Å². The normalized spacial score (nSPS) is 25.1. The Balaban J connectivity index is 2.41. The zero-order valence-electron chi connectivity index (χ0n) is 12.1. The van der Waals surface area contributed by atoms with Gasteiger partial charge in [0.25, 0.3) is 0 Å². The molecule has 2 rings (SSSR count). The summed E-state index contributed by atoms with van der Waals surface area (Å²) in [6.45, 7) is 14.1. The second-order valence-electron chi connectivity index (χ2n) is 6.84. The van der Waals surface area contributed by atoms with Crippen LogP contribution in [0, 0.1) is 23.7 Å². The van der Waals surface area contributed by atoms with Crippen molar-refractivity contribution in [1.29, 1.82) is 0 Å². The number of hydrogen-bond donors (Lipinski definition) is 0. The first kappa shape index (κ1) is 13.1. The molecule has 0 aromatic carbocycles. The van der Waals surface area contributed by atoms with Crippen LogP contribution in [0.5, 0.6) is 0 Å². The van der Waals surface area contributed by atoms with Crippen LogP contribution in [0.2, 0.25) is 0 Å². The molecule has 0 fully saturated rings. The van der Waals surface area contributed by atoms with Crippen molar-refractivity contribution < 1.29 is 0 Å². The lowest BCUT2D eigenvalue weighted by Crippen LogP contribution is -2.44. The van der Waals surface area contributed by atoms with Crippen molar-refractivity contribution in [2.24, 2.45) is 16.7 Å². The minimum absolute atomic E-state index is 0.358. The molecular formula is C15H25NS. The minimum Gasteiger partial charge on any atom is -0.246 e. The molecule has 1 aromatic heterocycles. The van der Waals surface area contributed by atoms with Crippen LogP contribution in [0.15, 0.2) is 0 Å². The number of thiazole rings is 1. The SMILES string of the molecule is Cc1nc2c(s1)CCC(C(C)C)(C(C)(C)C)C2. The summed E-state index contributed by atoms with van der Waals surface area (Å²) in [6, 6.07) is 0. The highest BCUT2D eigenvalue weighted by Gasteiger charge is 2.46. The Hall–Kier alpha value is -0.370. The van der Waals surface area contributed by atoms with Crippen LogP contribution in [0.4, 0.5) is 0 Å². The van der Waals surface area contributed by atoms with Gasteiger partial charge in [-0.3, -0.25) is 0 Å². The van der Waals surface area contributed by atoms with E-state index in [0.29, 0.717) is 10.8 Å². The molecule has 0 radical (unpaired) electrons. The minimum atomic E-state index is 0.358. The zero-order valence-corrected chi connectivity index (χ0v) is 12.9. The quantitative estimate of drug-likeness (QED) is 0.709. The van der Waals surface area contributed by atoms with Crippen LogP contribution in [0.1, 0.15) is 56.6 Å². The lowest BCUT2D eigenvalue weighted by Gasteiger charge is -2.50. The van der Waals surface area contributed by atoms with Gasteiger partial charge in [0, 0.05) is 4.88 Å². The second-order valence-corrected chi connectivity index (χ2v) is 8.13. The highest BCUT2D eigenvalue weighted by atomic mass is 32.1. The van der Waals surface area contributed by atoms with Crippen LogP contribution >= 0.6 is 11.3 Å². The van der Waals surface area contributed by atoms with Crippen molar-refractivity contribution in [2.45, 2.75) is 60.8 Å². The Bertz CT molecular complexity index is 411. The summed E-state index contributed by atoms with van der Waals surface area (Å²) in [5.74, 6) is 0.720. The van der Waals surface area contributed by atoms with Gasteiger partial charge in [-0.2, -0.15) is 0 Å². The van der Waals surface area contributed by atoms with Crippen molar-refractivity contribution in [2.75, 3.05) is 0 Å². The molecule has 1 aliphatic rings. The van der Waals surface area contributed by atoms with Gasteiger partial charge in [0.05, 0.1) is 10.7 Å². The maximum Gasteiger partial charge on any atom is 0.0900 e. The van der Waals surface area contributed by atoms with Gasteiger partial charge in [-0.25, -0.2) is 4.98 Å². The summed E-state index contributed by atoms with van der Waals surface area (Å²) >= 11 is 1.90. The average Bonchev–Trinajstić information content (AvgIpc) is 2.53. The van der Waals surface area contributed by atoms with E-state index in [2.05, 4.69) is 41.5 Å². The predicted octanol–water partition coefficient (Wildman–Crippen LogP) is 4.63. The van der Waals surface area contributed by atoms with E-state index in [1.54, 1.807) is 4.88 Å². The number of nitrogens with zero attached hydrogens (tertiary/aromatic N) is 1. The van der Waals surface area contributed by atoms with E-state index < -0.39 is 0 Å². The van der Waals surface area contributed by atoms with E-state index in [-0.39, 0.29) is 0 Å². The molecule has 96 valence electrons. The number of fused-ring (bicyclic) bond motifs is 1. The molecule has 0 amide bonds. The number of rotatable bonds is 1. The standard InChI is InChI=1S/C15H25NS/c1-10(2)15(14(4,5)6)8-7-13-12(9-15)16-11(3)17-13/h10H,7-9H2,1-6H3. The van der Waals surface area contributed by atoms with Crippen LogP contribution in [-0.4, -0.2) is 4.98 Å². The molecule has 1 unspecified atom stereocenters. The molecule has 17 heavy (non-hydrogen) atoms. The molecule has 0 bridgehead atoms. The highest BCUT2D eigenvalue weighted by molar-refractivity contribution is 7.11. The summed E-state index contributed by atoms with van der Waals surface area (Å²) < 4.78 is 0. The molecule has 1 atom stereocenters. The third-order valence-electron chi connectivity index (χ3n) is 4.77. The van der Waals surface area contributed by atoms with Crippen molar-refractivity contribution in [3.05, 3.63) is 15.6 Å². The van der Waals surface area contributed by atoms with Gasteiger partial charge in [0.1, 0.15) is 0 Å². The Kier molecular flexibility index (Phi) is 3.14. The molecular weight excluding hydrogens is 226 g/mol. The first-order chi connectivity index (χ1) is 7.76.